The van der Waals surface area contributed by atoms with Crippen LogP contribution in [0.2, 0.25) is 0 Å². The highest BCUT2D eigenvalue weighted by Crippen LogP contribution is 2.50. The second-order valence-corrected chi connectivity index (χ2v) is 7.94. The van der Waals surface area contributed by atoms with Crippen LogP contribution in [0.5, 0.6) is 0 Å². The minimum Gasteiger partial charge on any atom is -0.444 e. The van der Waals surface area contributed by atoms with Crippen LogP contribution in [-0.4, -0.2) is 54.8 Å². The van der Waals surface area contributed by atoms with Crippen molar-refractivity contribution >= 4 is 23.8 Å². The molecule has 25 heavy (non-hydrogen) atoms. The van der Waals surface area contributed by atoms with Crippen molar-refractivity contribution in [2.24, 2.45) is 4.99 Å². The number of hydrogen-bond donors (Lipinski definition) is 0. The van der Waals surface area contributed by atoms with Gasteiger partial charge in [-0.05, 0) is 44.0 Å². The summed E-state index contributed by atoms with van der Waals surface area (Å²) in [5.41, 5.74) is 2.11. The number of anilines is 1. The third-order valence-electron chi connectivity index (χ3n) is 4.96. The molecule has 1 spiro atoms. The molecule has 0 aromatic heterocycles. The lowest BCUT2D eigenvalue weighted by Gasteiger charge is -2.37. The maximum atomic E-state index is 12.2. The van der Waals surface area contributed by atoms with Gasteiger partial charge in [-0.15, -0.1) is 0 Å². The summed E-state index contributed by atoms with van der Waals surface area (Å²) < 4.78 is 5.44. The van der Waals surface area contributed by atoms with Gasteiger partial charge >= 0.3 is 6.09 Å². The number of nitrogens with zero attached hydrogens (tertiary/aromatic N) is 3. The van der Waals surface area contributed by atoms with Gasteiger partial charge in [0, 0.05) is 44.5 Å². The van der Waals surface area contributed by atoms with Crippen LogP contribution in [0.4, 0.5) is 10.5 Å². The Bertz CT molecular complexity index is 773. The standard InChI is InChI=1S/C19H23N3O3/c1-18(2,3)25-17(24)22-8-6-21(7-9-22)14-5-4-13-12-20-19(11-16(19)23)15(13)10-14/h4-5,10,12H,6-9,11H2,1-3H3/t19-/m1/s1. The zero-order valence-corrected chi connectivity index (χ0v) is 14.9. The Balaban J connectivity index is 1.43. The normalized spacial score (nSPS) is 24.7. The van der Waals surface area contributed by atoms with E-state index in [0.717, 1.165) is 29.9 Å². The third kappa shape index (κ3) is 2.79. The van der Waals surface area contributed by atoms with E-state index in [2.05, 4.69) is 22.0 Å². The van der Waals surface area contributed by atoms with E-state index in [1.165, 1.54) is 0 Å². The topological polar surface area (TPSA) is 62.2 Å². The van der Waals surface area contributed by atoms with Crippen molar-refractivity contribution in [2.75, 3.05) is 31.1 Å². The molecule has 1 aromatic rings. The number of carbonyl (C=O) groups excluding carboxylic acids is 2. The van der Waals surface area contributed by atoms with Gasteiger partial charge < -0.3 is 14.5 Å². The van der Waals surface area contributed by atoms with Crippen LogP contribution < -0.4 is 4.90 Å². The van der Waals surface area contributed by atoms with Crippen molar-refractivity contribution in [1.29, 1.82) is 0 Å². The number of ketones is 1. The number of carbonyl (C=O) groups is 2. The molecule has 1 amide bonds. The molecule has 1 atom stereocenters. The molecule has 6 nitrogen and oxygen atoms in total. The monoisotopic (exact) mass is 341 g/mol. The Labute approximate surface area is 147 Å². The third-order valence-corrected chi connectivity index (χ3v) is 4.96. The van der Waals surface area contributed by atoms with Gasteiger partial charge in [0.2, 0.25) is 0 Å². The second kappa shape index (κ2) is 5.31. The molecule has 2 heterocycles. The van der Waals surface area contributed by atoms with E-state index in [1.54, 1.807) is 4.90 Å². The molecule has 1 saturated carbocycles. The van der Waals surface area contributed by atoms with E-state index in [4.69, 9.17) is 4.74 Å². The number of aliphatic imine (C=N–C) groups is 1. The number of Topliss-reactive ketones (excluding diaryl/α,β-unsaturated/α-hetero) is 1. The van der Waals surface area contributed by atoms with Crippen LogP contribution in [0.3, 0.4) is 0 Å². The van der Waals surface area contributed by atoms with Crippen molar-refractivity contribution in [3.63, 3.8) is 0 Å². The van der Waals surface area contributed by atoms with Crippen molar-refractivity contribution in [3.8, 4) is 0 Å². The first-order valence-corrected chi connectivity index (χ1v) is 8.74. The number of fused-ring (bicyclic) bond motifs is 2. The predicted molar refractivity (Wildman–Crippen MR) is 95.4 cm³/mol. The van der Waals surface area contributed by atoms with E-state index >= 15 is 0 Å². The second-order valence-electron chi connectivity index (χ2n) is 7.94. The highest BCUT2D eigenvalue weighted by Gasteiger charge is 2.58. The quantitative estimate of drug-likeness (QED) is 0.787. The molecule has 1 aromatic carbocycles. The summed E-state index contributed by atoms with van der Waals surface area (Å²) in [6.07, 6.45) is 2.08. The molecular formula is C19H23N3O3. The lowest BCUT2D eigenvalue weighted by Crippen LogP contribution is -2.50. The summed E-state index contributed by atoms with van der Waals surface area (Å²) in [4.78, 5) is 32.4. The van der Waals surface area contributed by atoms with E-state index in [0.29, 0.717) is 19.5 Å². The Morgan fingerprint density at radius 1 is 1.20 bits per heavy atom. The predicted octanol–water partition coefficient (Wildman–Crippen LogP) is 2.34. The summed E-state index contributed by atoms with van der Waals surface area (Å²) in [5.74, 6) is 0.203. The molecule has 4 rings (SSSR count). The molecule has 6 heteroatoms. The first-order valence-electron chi connectivity index (χ1n) is 8.74. The Morgan fingerprint density at radius 3 is 2.48 bits per heavy atom. The van der Waals surface area contributed by atoms with Gasteiger partial charge in [0.05, 0.1) is 0 Å². The van der Waals surface area contributed by atoms with E-state index < -0.39 is 11.1 Å². The van der Waals surface area contributed by atoms with Gasteiger partial charge in [-0.2, -0.15) is 0 Å². The smallest absolute Gasteiger partial charge is 0.410 e. The van der Waals surface area contributed by atoms with E-state index in [9.17, 15) is 9.59 Å². The maximum Gasteiger partial charge on any atom is 0.410 e. The zero-order chi connectivity index (χ0) is 17.8. The molecular weight excluding hydrogens is 318 g/mol. The van der Waals surface area contributed by atoms with E-state index in [1.807, 2.05) is 33.1 Å². The maximum absolute atomic E-state index is 12.2. The Hall–Kier alpha value is -2.37. The summed E-state index contributed by atoms with van der Waals surface area (Å²) in [6.45, 7) is 8.40. The fourth-order valence-electron chi connectivity index (χ4n) is 3.49. The molecule has 3 aliphatic rings. The zero-order valence-electron chi connectivity index (χ0n) is 14.9. The van der Waals surface area contributed by atoms with Crippen LogP contribution in [0, 0.1) is 0 Å². The molecule has 2 fully saturated rings. The Morgan fingerprint density at radius 2 is 1.88 bits per heavy atom. The average molecular weight is 341 g/mol. The summed E-state index contributed by atoms with van der Waals surface area (Å²) >= 11 is 0. The summed E-state index contributed by atoms with van der Waals surface area (Å²) in [6, 6.07) is 6.20. The molecule has 2 aliphatic heterocycles. The minimum absolute atomic E-state index is 0.203. The first-order chi connectivity index (χ1) is 11.8. The minimum atomic E-state index is -0.580. The molecule has 0 N–H and O–H groups in total. The summed E-state index contributed by atoms with van der Waals surface area (Å²) in [7, 11) is 0. The largest absolute Gasteiger partial charge is 0.444 e. The van der Waals surface area contributed by atoms with Crippen LogP contribution in [0.25, 0.3) is 0 Å². The molecule has 1 saturated heterocycles. The molecule has 0 bridgehead atoms. The van der Waals surface area contributed by atoms with Crippen molar-refractivity contribution in [3.05, 3.63) is 29.3 Å². The fourth-order valence-corrected chi connectivity index (χ4v) is 3.49. The number of ether oxygens (including phenoxy) is 1. The number of rotatable bonds is 1. The lowest BCUT2D eigenvalue weighted by atomic mass is 10.0. The van der Waals surface area contributed by atoms with Gasteiger partial charge in [0.1, 0.15) is 5.60 Å². The number of piperazine rings is 1. The number of benzene rings is 1. The Kier molecular flexibility index (Phi) is 3.42. The first kappa shape index (κ1) is 16.1. The van der Waals surface area contributed by atoms with Gasteiger partial charge in [-0.25, -0.2) is 4.79 Å². The van der Waals surface area contributed by atoms with E-state index in [-0.39, 0.29) is 11.9 Å². The number of amides is 1. The molecule has 132 valence electrons. The van der Waals surface area contributed by atoms with Crippen LogP contribution in [0.1, 0.15) is 38.3 Å². The highest BCUT2D eigenvalue weighted by atomic mass is 16.6. The van der Waals surface area contributed by atoms with Crippen LogP contribution >= 0.6 is 0 Å². The van der Waals surface area contributed by atoms with Crippen LogP contribution in [-0.2, 0) is 15.1 Å². The average Bonchev–Trinajstić information content (AvgIpc) is 3.07. The molecule has 0 radical (unpaired) electrons. The van der Waals surface area contributed by atoms with Crippen molar-refractivity contribution < 1.29 is 14.3 Å². The van der Waals surface area contributed by atoms with Crippen molar-refractivity contribution in [2.45, 2.75) is 38.3 Å². The van der Waals surface area contributed by atoms with Gasteiger partial charge in [-0.1, -0.05) is 6.07 Å². The number of hydrogen-bond acceptors (Lipinski definition) is 5. The van der Waals surface area contributed by atoms with Gasteiger partial charge in [-0.3, -0.25) is 9.79 Å². The molecule has 0 unspecified atom stereocenters. The fraction of sp³-hybridized carbons (Fsp3) is 0.526. The van der Waals surface area contributed by atoms with Gasteiger partial charge in [0.25, 0.3) is 0 Å². The summed E-state index contributed by atoms with van der Waals surface area (Å²) in [5, 5.41) is 0. The van der Waals surface area contributed by atoms with Gasteiger partial charge in [0.15, 0.2) is 11.3 Å². The lowest BCUT2D eigenvalue weighted by molar-refractivity contribution is -0.111. The van der Waals surface area contributed by atoms with Crippen molar-refractivity contribution in [1.82, 2.24) is 4.90 Å². The highest BCUT2D eigenvalue weighted by molar-refractivity contribution is 6.11. The molecule has 1 aliphatic carbocycles. The van der Waals surface area contributed by atoms with Crippen LogP contribution in [0.15, 0.2) is 23.2 Å². The SMILES string of the molecule is CC(C)(C)OC(=O)N1CCN(c2ccc3c(c2)[C@@]2(CC2=O)N=C3)CC1.